The maximum atomic E-state index is 13.3. The third-order valence-electron chi connectivity index (χ3n) is 4.93. The van der Waals surface area contributed by atoms with E-state index in [2.05, 4.69) is 5.32 Å². The first-order chi connectivity index (χ1) is 12.8. The highest BCUT2D eigenvalue weighted by atomic mass is 35.5. The number of carbonyl (C=O) groups excluding carboxylic acids is 2. The summed E-state index contributed by atoms with van der Waals surface area (Å²) in [5.74, 6) is -0.738. The highest BCUT2D eigenvalue weighted by molar-refractivity contribution is 6.36. The monoisotopic (exact) mass is 395 g/mol. The zero-order valence-electron chi connectivity index (χ0n) is 15.6. The van der Waals surface area contributed by atoms with Gasteiger partial charge in [0.05, 0.1) is 20.3 Å². The van der Waals surface area contributed by atoms with Gasteiger partial charge in [-0.15, -0.1) is 0 Å². The van der Waals surface area contributed by atoms with E-state index >= 15 is 0 Å². The third-order valence-corrected chi connectivity index (χ3v) is 5.29. The maximum Gasteiger partial charge on any atom is 0.236 e. The molecule has 7 nitrogen and oxygen atoms in total. The number of carbonyl (C=O) groups is 2. The normalized spacial score (nSPS) is 25.0. The molecule has 1 aliphatic heterocycles. The summed E-state index contributed by atoms with van der Waals surface area (Å²) >= 11 is 6.34. The fourth-order valence-corrected chi connectivity index (χ4v) is 3.80. The number of fused-ring (bicyclic) bond motifs is 1. The third kappa shape index (κ3) is 2.95. The molecule has 3 rings (SSSR count). The molecule has 0 fully saturated rings. The molecule has 27 heavy (non-hydrogen) atoms. The van der Waals surface area contributed by atoms with Gasteiger partial charge in [0, 0.05) is 30.3 Å². The van der Waals surface area contributed by atoms with Gasteiger partial charge in [-0.2, -0.15) is 0 Å². The summed E-state index contributed by atoms with van der Waals surface area (Å²) in [7, 11) is 2.86. The molecule has 2 N–H and O–H groups in total. The van der Waals surface area contributed by atoms with E-state index < -0.39 is 29.2 Å². The molecule has 146 valence electrons. The molecule has 1 aromatic carbocycles. The lowest BCUT2D eigenvalue weighted by Gasteiger charge is -2.35. The number of hydrogen-bond donors (Lipinski definition) is 2. The zero-order valence-corrected chi connectivity index (χ0v) is 16.3. The number of hydrogen-bond acceptors (Lipinski definition) is 7. The molecule has 8 heteroatoms. The first-order valence-electron chi connectivity index (χ1n) is 8.61. The Hall–Kier alpha value is -2.25. The molecular weight excluding hydrogens is 374 g/mol. The van der Waals surface area contributed by atoms with Crippen LogP contribution in [0.1, 0.15) is 30.6 Å². The van der Waals surface area contributed by atoms with E-state index in [1.165, 1.54) is 26.4 Å². The molecule has 0 unspecified atom stereocenters. The van der Waals surface area contributed by atoms with Crippen molar-refractivity contribution in [2.75, 3.05) is 20.8 Å². The van der Waals surface area contributed by atoms with Gasteiger partial charge in [0.15, 0.2) is 5.75 Å². The van der Waals surface area contributed by atoms with Crippen LogP contribution < -0.4 is 19.5 Å². The van der Waals surface area contributed by atoms with E-state index in [9.17, 15) is 14.7 Å². The van der Waals surface area contributed by atoms with Gasteiger partial charge in [0.25, 0.3) is 0 Å². The molecule has 2 aliphatic rings. The Kier molecular flexibility index (Phi) is 5.10. The molecule has 0 saturated carbocycles. The molecule has 0 saturated heterocycles. The lowest BCUT2D eigenvalue weighted by Crippen LogP contribution is -2.55. The zero-order chi connectivity index (χ0) is 19.9. The summed E-state index contributed by atoms with van der Waals surface area (Å²) in [6.45, 7) is 3.73. The number of Topliss-reactive ketones (excluding diaryl/α,β-unsaturated/α-hetero) is 1. The summed E-state index contributed by atoms with van der Waals surface area (Å²) in [4.78, 5) is 26.3. The van der Waals surface area contributed by atoms with Crippen LogP contribution in [0.2, 0.25) is 5.02 Å². The number of ketones is 2. The van der Waals surface area contributed by atoms with Crippen LogP contribution in [-0.4, -0.2) is 49.1 Å². The average molecular weight is 396 g/mol. The standard InChI is InChI=1S/C19H22ClNO6/c1-9-5-11(21-8-10(2)22)6-14(23)19(9)18(24)15-12(25-3)7-13(26-4)16(20)17(15)27-19/h6-7,9-10,21-22H,5,8H2,1-4H3/t9-,10-,19+/m1/s1. The van der Waals surface area contributed by atoms with Crippen LogP contribution in [0.4, 0.5) is 0 Å². The number of benzene rings is 1. The van der Waals surface area contributed by atoms with Crippen LogP contribution in [0.15, 0.2) is 17.8 Å². The fraction of sp³-hybridized carbons (Fsp3) is 0.474. The minimum atomic E-state index is -1.68. The number of ether oxygens (including phenoxy) is 3. The van der Waals surface area contributed by atoms with Gasteiger partial charge in [-0.1, -0.05) is 18.5 Å². The van der Waals surface area contributed by atoms with E-state index in [0.29, 0.717) is 24.4 Å². The highest BCUT2D eigenvalue weighted by Crippen LogP contribution is 2.52. The molecule has 1 heterocycles. The summed E-state index contributed by atoms with van der Waals surface area (Å²) in [6, 6.07) is 1.50. The number of rotatable bonds is 5. The smallest absolute Gasteiger partial charge is 0.236 e. The van der Waals surface area contributed by atoms with Gasteiger partial charge in [0.1, 0.15) is 22.1 Å². The first kappa shape index (κ1) is 19.5. The predicted molar refractivity (Wildman–Crippen MR) is 98.8 cm³/mol. The lowest BCUT2D eigenvalue weighted by atomic mass is 9.74. The minimum absolute atomic E-state index is 0.104. The fourth-order valence-electron chi connectivity index (χ4n) is 3.53. The average Bonchev–Trinajstić information content (AvgIpc) is 2.94. The van der Waals surface area contributed by atoms with Crippen molar-refractivity contribution in [3.05, 3.63) is 28.4 Å². The van der Waals surface area contributed by atoms with E-state index in [0.717, 1.165) is 0 Å². The molecule has 3 atom stereocenters. The summed E-state index contributed by atoms with van der Waals surface area (Å²) in [6.07, 6.45) is 1.22. The van der Waals surface area contributed by atoms with Crippen molar-refractivity contribution >= 4 is 23.2 Å². The molecule has 1 aromatic rings. The van der Waals surface area contributed by atoms with E-state index in [1.54, 1.807) is 13.8 Å². The van der Waals surface area contributed by atoms with Crippen LogP contribution in [0, 0.1) is 5.92 Å². The number of methoxy groups -OCH3 is 2. The Morgan fingerprint density at radius 1 is 1.37 bits per heavy atom. The van der Waals surface area contributed by atoms with Gasteiger partial charge >= 0.3 is 0 Å². The van der Waals surface area contributed by atoms with Crippen molar-refractivity contribution in [3.8, 4) is 17.2 Å². The van der Waals surface area contributed by atoms with Crippen molar-refractivity contribution in [2.45, 2.75) is 32.0 Å². The Bertz CT molecular complexity index is 834. The van der Waals surface area contributed by atoms with Crippen LogP contribution in [0.25, 0.3) is 0 Å². The Labute approximate surface area is 162 Å². The SMILES string of the molecule is COc1cc(OC)c2c(c1Cl)O[C@@]1(C(=O)C=C(NC[C@@H](C)O)C[C@H]1C)C2=O. The molecular formula is C19H22ClNO6. The van der Waals surface area contributed by atoms with E-state index in [-0.39, 0.29) is 22.1 Å². The number of halogens is 1. The van der Waals surface area contributed by atoms with E-state index in [1.807, 2.05) is 0 Å². The summed E-state index contributed by atoms with van der Waals surface area (Å²) in [5.41, 5.74) is -0.874. The van der Waals surface area contributed by atoms with Crippen LogP contribution in [0.3, 0.4) is 0 Å². The van der Waals surface area contributed by atoms with Gasteiger partial charge in [0.2, 0.25) is 17.2 Å². The predicted octanol–water partition coefficient (Wildman–Crippen LogP) is 2.13. The second kappa shape index (κ2) is 7.05. The summed E-state index contributed by atoms with van der Waals surface area (Å²) < 4.78 is 16.5. The second-order valence-corrected chi connectivity index (χ2v) is 7.21. The molecule has 1 aliphatic carbocycles. The van der Waals surface area contributed by atoms with Gasteiger partial charge in [-0.3, -0.25) is 9.59 Å². The Morgan fingerprint density at radius 3 is 2.59 bits per heavy atom. The van der Waals surface area contributed by atoms with Gasteiger partial charge in [-0.25, -0.2) is 0 Å². The van der Waals surface area contributed by atoms with Gasteiger partial charge < -0.3 is 24.6 Å². The van der Waals surface area contributed by atoms with Crippen molar-refractivity contribution in [2.24, 2.45) is 5.92 Å². The Balaban J connectivity index is 2.04. The van der Waals surface area contributed by atoms with Crippen molar-refractivity contribution < 1.29 is 28.9 Å². The Morgan fingerprint density at radius 2 is 2.04 bits per heavy atom. The van der Waals surface area contributed by atoms with Crippen LogP contribution in [-0.2, 0) is 4.79 Å². The van der Waals surface area contributed by atoms with Crippen LogP contribution in [0.5, 0.6) is 17.2 Å². The molecule has 0 amide bonds. The lowest BCUT2D eigenvalue weighted by molar-refractivity contribution is -0.129. The minimum Gasteiger partial charge on any atom is -0.496 e. The number of nitrogens with one attached hydrogen (secondary N) is 1. The molecule has 0 bridgehead atoms. The topological polar surface area (TPSA) is 94.1 Å². The number of aliphatic hydroxyl groups excluding tert-OH is 1. The molecule has 0 radical (unpaired) electrons. The first-order valence-corrected chi connectivity index (χ1v) is 8.99. The van der Waals surface area contributed by atoms with Crippen molar-refractivity contribution in [1.29, 1.82) is 0 Å². The summed E-state index contributed by atoms with van der Waals surface area (Å²) in [5, 5.41) is 12.6. The van der Waals surface area contributed by atoms with Gasteiger partial charge in [-0.05, 0) is 13.3 Å². The quantitative estimate of drug-likeness (QED) is 0.737. The van der Waals surface area contributed by atoms with Crippen molar-refractivity contribution in [1.82, 2.24) is 5.32 Å². The van der Waals surface area contributed by atoms with E-state index in [4.69, 9.17) is 25.8 Å². The van der Waals surface area contributed by atoms with Crippen LogP contribution >= 0.6 is 11.6 Å². The molecule has 0 aromatic heterocycles. The molecule has 1 spiro atoms. The number of aliphatic hydroxyl groups is 1. The number of allylic oxidation sites excluding steroid dienone is 1. The largest absolute Gasteiger partial charge is 0.496 e. The second-order valence-electron chi connectivity index (χ2n) is 6.83. The maximum absolute atomic E-state index is 13.3. The highest BCUT2D eigenvalue weighted by Gasteiger charge is 2.60. The van der Waals surface area contributed by atoms with Crippen molar-refractivity contribution in [3.63, 3.8) is 0 Å².